The molecule has 0 spiro atoms. The van der Waals surface area contributed by atoms with Crippen molar-refractivity contribution in [2.45, 2.75) is 26.4 Å². The Kier molecular flexibility index (Phi) is 8.25. The highest BCUT2D eigenvalue weighted by molar-refractivity contribution is 5.96. The zero-order valence-electron chi connectivity index (χ0n) is 18.0. The predicted octanol–water partition coefficient (Wildman–Crippen LogP) is 3.18. The molecular formula is C22H27N3O6. The van der Waals surface area contributed by atoms with Crippen molar-refractivity contribution in [1.29, 1.82) is 0 Å². The number of alkyl carbamates (subject to hydrolysis) is 1. The summed E-state index contributed by atoms with van der Waals surface area (Å²) in [5, 5.41) is 7.71. The minimum Gasteiger partial charge on any atom is -0.493 e. The third kappa shape index (κ3) is 8.65. The van der Waals surface area contributed by atoms with Gasteiger partial charge in [-0.15, -0.1) is 0 Å². The van der Waals surface area contributed by atoms with Gasteiger partial charge in [0.2, 0.25) is 5.91 Å². The first-order valence-corrected chi connectivity index (χ1v) is 9.59. The van der Waals surface area contributed by atoms with Gasteiger partial charge < -0.3 is 30.2 Å². The number of benzene rings is 2. The number of hydrogen-bond acceptors (Lipinski definition) is 6. The summed E-state index contributed by atoms with van der Waals surface area (Å²) in [6, 6.07) is 13.6. The van der Waals surface area contributed by atoms with Crippen LogP contribution in [0.15, 0.2) is 48.5 Å². The molecule has 0 unspecified atom stereocenters. The lowest BCUT2D eigenvalue weighted by atomic mass is 10.2. The first-order valence-electron chi connectivity index (χ1n) is 9.59. The van der Waals surface area contributed by atoms with Crippen molar-refractivity contribution in [3.8, 4) is 11.5 Å². The molecule has 2 rings (SSSR count). The number of methoxy groups -OCH3 is 1. The number of para-hydroxylation sites is 2. The van der Waals surface area contributed by atoms with Crippen molar-refractivity contribution in [3.63, 3.8) is 0 Å². The van der Waals surface area contributed by atoms with Crippen LogP contribution in [0.3, 0.4) is 0 Å². The third-order valence-electron chi connectivity index (χ3n) is 3.65. The van der Waals surface area contributed by atoms with E-state index in [9.17, 15) is 14.4 Å². The smallest absolute Gasteiger partial charge is 0.408 e. The van der Waals surface area contributed by atoms with Crippen LogP contribution in [0.5, 0.6) is 11.5 Å². The van der Waals surface area contributed by atoms with Crippen LogP contribution in [-0.2, 0) is 14.3 Å². The highest BCUT2D eigenvalue weighted by Gasteiger charge is 2.16. The van der Waals surface area contributed by atoms with E-state index in [1.54, 1.807) is 69.3 Å². The van der Waals surface area contributed by atoms with Crippen LogP contribution in [-0.4, -0.2) is 43.8 Å². The molecule has 0 aliphatic heterocycles. The maximum Gasteiger partial charge on any atom is 0.408 e. The molecule has 0 radical (unpaired) electrons. The Bertz CT molecular complexity index is 923. The fourth-order valence-electron chi connectivity index (χ4n) is 2.42. The Balaban J connectivity index is 1.83. The predicted molar refractivity (Wildman–Crippen MR) is 116 cm³/mol. The number of nitrogens with one attached hydrogen (secondary N) is 3. The molecule has 166 valence electrons. The fraction of sp³-hybridized carbons (Fsp3) is 0.318. The van der Waals surface area contributed by atoms with E-state index < -0.39 is 17.6 Å². The van der Waals surface area contributed by atoms with Gasteiger partial charge >= 0.3 is 6.09 Å². The number of ether oxygens (including phenoxy) is 3. The molecule has 0 aromatic heterocycles. The lowest BCUT2D eigenvalue weighted by Gasteiger charge is -2.19. The number of rotatable bonds is 8. The van der Waals surface area contributed by atoms with Gasteiger partial charge in [0.05, 0.1) is 7.11 Å². The van der Waals surface area contributed by atoms with Crippen molar-refractivity contribution in [2.75, 3.05) is 30.9 Å². The first kappa shape index (κ1) is 23.5. The maximum atomic E-state index is 12.2. The summed E-state index contributed by atoms with van der Waals surface area (Å²) in [4.78, 5) is 35.8. The van der Waals surface area contributed by atoms with Gasteiger partial charge in [-0.25, -0.2) is 4.79 Å². The minimum atomic E-state index is -0.682. The SMILES string of the molecule is COc1ccccc1OCC(=O)Nc1cccc(NC(=O)CNC(=O)OC(C)(C)C)c1. The fourth-order valence-corrected chi connectivity index (χ4v) is 2.42. The van der Waals surface area contributed by atoms with Crippen molar-refractivity contribution >= 4 is 29.3 Å². The lowest BCUT2D eigenvalue weighted by molar-refractivity contribution is -0.118. The Morgan fingerprint density at radius 1 is 0.871 bits per heavy atom. The molecule has 31 heavy (non-hydrogen) atoms. The number of amides is 3. The van der Waals surface area contributed by atoms with E-state index in [-0.39, 0.29) is 19.1 Å². The summed E-state index contributed by atoms with van der Waals surface area (Å²) in [5.41, 5.74) is 0.286. The molecule has 0 bridgehead atoms. The van der Waals surface area contributed by atoms with Gasteiger partial charge in [0.1, 0.15) is 12.1 Å². The average Bonchev–Trinajstić information content (AvgIpc) is 2.70. The number of carbonyl (C=O) groups excluding carboxylic acids is 3. The van der Waals surface area contributed by atoms with Crippen LogP contribution < -0.4 is 25.4 Å². The Hall–Kier alpha value is -3.75. The van der Waals surface area contributed by atoms with E-state index in [2.05, 4.69) is 16.0 Å². The second-order valence-corrected chi connectivity index (χ2v) is 7.47. The molecule has 0 saturated carbocycles. The number of carbonyl (C=O) groups is 3. The van der Waals surface area contributed by atoms with E-state index in [1.165, 1.54) is 7.11 Å². The van der Waals surface area contributed by atoms with Crippen molar-refractivity contribution < 1.29 is 28.6 Å². The molecule has 9 nitrogen and oxygen atoms in total. The highest BCUT2D eigenvalue weighted by atomic mass is 16.6. The van der Waals surface area contributed by atoms with Gasteiger partial charge in [-0.2, -0.15) is 0 Å². The van der Waals surface area contributed by atoms with Crippen LogP contribution in [0.4, 0.5) is 16.2 Å². The largest absolute Gasteiger partial charge is 0.493 e. The van der Waals surface area contributed by atoms with Crippen LogP contribution >= 0.6 is 0 Å². The summed E-state index contributed by atoms with van der Waals surface area (Å²) in [6.45, 7) is 4.73. The molecule has 0 aliphatic carbocycles. The molecule has 2 aromatic rings. The second kappa shape index (κ2) is 10.9. The van der Waals surface area contributed by atoms with Crippen LogP contribution in [0.25, 0.3) is 0 Å². The number of hydrogen-bond donors (Lipinski definition) is 3. The van der Waals surface area contributed by atoms with Gasteiger partial charge in [-0.1, -0.05) is 18.2 Å². The minimum absolute atomic E-state index is 0.212. The molecule has 2 aromatic carbocycles. The summed E-state index contributed by atoms with van der Waals surface area (Å²) >= 11 is 0. The Morgan fingerprint density at radius 3 is 2.10 bits per heavy atom. The molecule has 0 saturated heterocycles. The monoisotopic (exact) mass is 429 g/mol. The summed E-state index contributed by atoms with van der Waals surface area (Å²) < 4.78 is 15.7. The van der Waals surface area contributed by atoms with Crippen molar-refractivity contribution in [3.05, 3.63) is 48.5 Å². The zero-order valence-corrected chi connectivity index (χ0v) is 18.0. The van der Waals surface area contributed by atoms with E-state index in [0.717, 1.165) is 0 Å². The van der Waals surface area contributed by atoms with Crippen molar-refractivity contribution in [1.82, 2.24) is 5.32 Å². The van der Waals surface area contributed by atoms with Crippen LogP contribution in [0, 0.1) is 0 Å². The first-order chi connectivity index (χ1) is 14.7. The van der Waals surface area contributed by atoms with Gasteiger partial charge in [0.15, 0.2) is 18.1 Å². The quantitative estimate of drug-likeness (QED) is 0.594. The maximum absolute atomic E-state index is 12.2. The summed E-state index contributed by atoms with van der Waals surface area (Å²) in [6.07, 6.45) is -0.682. The van der Waals surface area contributed by atoms with Gasteiger partial charge in [-0.05, 0) is 51.1 Å². The molecule has 9 heteroatoms. The van der Waals surface area contributed by atoms with Gasteiger partial charge in [-0.3, -0.25) is 9.59 Å². The number of anilines is 2. The molecule has 0 aliphatic rings. The van der Waals surface area contributed by atoms with E-state index in [1.807, 2.05) is 0 Å². The summed E-state index contributed by atoms with van der Waals surface area (Å²) in [5.74, 6) is 0.175. The van der Waals surface area contributed by atoms with E-state index in [0.29, 0.717) is 22.9 Å². The average molecular weight is 429 g/mol. The molecule has 3 N–H and O–H groups in total. The lowest BCUT2D eigenvalue weighted by Crippen LogP contribution is -2.37. The Morgan fingerprint density at radius 2 is 1.48 bits per heavy atom. The van der Waals surface area contributed by atoms with E-state index in [4.69, 9.17) is 14.2 Å². The molecule has 0 fully saturated rings. The zero-order chi connectivity index (χ0) is 22.9. The summed E-state index contributed by atoms with van der Waals surface area (Å²) in [7, 11) is 1.52. The topological polar surface area (TPSA) is 115 Å². The normalized spacial score (nSPS) is 10.6. The van der Waals surface area contributed by atoms with Gasteiger partial charge in [0, 0.05) is 11.4 Å². The van der Waals surface area contributed by atoms with Crippen molar-refractivity contribution in [2.24, 2.45) is 0 Å². The second-order valence-electron chi connectivity index (χ2n) is 7.47. The highest BCUT2D eigenvalue weighted by Crippen LogP contribution is 2.25. The molecule has 3 amide bonds. The molecule has 0 atom stereocenters. The standard InChI is InChI=1S/C22H27N3O6/c1-22(2,3)31-21(28)23-13-19(26)24-15-8-7-9-16(12-15)25-20(27)14-30-18-11-6-5-10-17(18)29-4/h5-12H,13-14H2,1-4H3,(H,23,28)(H,24,26)(H,25,27). The van der Waals surface area contributed by atoms with Gasteiger partial charge in [0.25, 0.3) is 5.91 Å². The van der Waals surface area contributed by atoms with Crippen LogP contribution in [0.2, 0.25) is 0 Å². The molecule has 0 heterocycles. The van der Waals surface area contributed by atoms with E-state index >= 15 is 0 Å². The molecular weight excluding hydrogens is 402 g/mol. The van der Waals surface area contributed by atoms with Crippen LogP contribution in [0.1, 0.15) is 20.8 Å². The third-order valence-corrected chi connectivity index (χ3v) is 3.65. The Labute approximate surface area is 181 Å².